The number of aromatic nitrogens is 1. The predicted octanol–water partition coefficient (Wildman–Crippen LogP) is 7.17. The van der Waals surface area contributed by atoms with Crippen molar-refractivity contribution in [2.24, 2.45) is 0 Å². The number of benzene rings is 4. The topological polar surface area (TPSA) is 89.0 Å². The predicted molar refractivity (Wildman–Crippen MR) is 168 cm³/mol. The van der Waals surface area contributed by atoms with Crippen LogP contribution in [-0.2, 0) is 22.8 Å². The minimum absolute atomic E-state index is 0.0320. The summed E-state index contributed by atoms with van der Waals surface area (Å²) >= 11 is 0. The van der Waals surface area contributed by atoms with Gasteiger partial charge in [-0.05, 0) is 78.2 Å². The van der Waals surface area contributed by atoms with E-state index >= 15 is 0 Å². The van der Waals surface area contributed by atoms with Gasteiger partial charge in [0.2, 0.25) is 0 Å². The minimum Gasteiger partial charge on any atom is -0.507 e. The van der Waals surface area contributed by atoms with Crippen molar-refractivity contribution in [1.82, 2.24) is 4.98 Å². The van der Waals surface area contributed by atoms with Crippen molar-refractivity contribution < 1.29 is 24.2 Å². The van der Waals surface area contributed by atoms with Crippen LogP contribution in [0.4, 0.5) is 5.69 Å². The molecule has 1 aliphatic heterocycles. The van der Waals surface area contributed by atoms with Gasteiger partial charge in [-0.15, -0.1) is 0 Å². The molecule has 7 nitrogen and oxygen atoms in total. The zero-order valence-electron chi connectivity index (χ0n) is 24.1. The lowest BCUT2D eigenvalue weighted by Crippen LogP contribution is -2.29. The largest absolute Gasteiger partial charge is 0.507 e. The molecule has 7 heteroatoms. The Morgan fingerprint density at radius 1 is 0.773 bits per heavy atom. The molecule has 1 unspecified atom stereocenters. The number of pyridine rings is 1. The number of aliphatic hydroxyl groups is 1. The van der Waals surface area contributed by atoms with E-state index in [0.717, 1.165) is 16.7 Å². The van der Waals surface area contributed by atoms with Crippen LogP contribution in [0.2, 0.25) is 0 Å². The van der Waals surface area contributed by atoms with E-state index in [4.69, 9.17) is 9.47 Å². The number of ketones is 1. The number of carbonyl (C=O) groups is 2. The van der Waals surface area contributed by atoms with Crippen molar-refractivity contribution in [2.75, 3.05) is 4.90 Å². The maximum absolute atomic E-state index is 13.5. The smallest absolute Gasteiger partial charge is 0.300 e. The van der Waals surface area contributed by atoms with Gasteiger partial charge in [0.15, 0.2) is 0 Å². The average molecular weight is 583 g/mol. The zero-order chi connectivity index (χ0) is 30.5. The highest BCUT2D eigenvalue weighted by Crippen LogP contribution is 2.42. The molecule has 0 bridgehead atoms. The number of carbonyl (C=O) groups excluding carboxylic acids is 2. The van der Waals surface area contributed by atoms with Gasteiger partial charge in [0.05, 0.1) is 11.3 Å². The Bertz CT molecular complexity index is 1800. The lowest BCUT2D eigenvalue weighted by atomic mass is 9.97. The molecule has 1 fully saturated rings. The van der Waals surface area contributed by atoms with Crippen LogP contribution in [0.3, 0.4) is 0 Å². The quantitative estimate of drug-likeness (QED) is 0.113. The summed E-state index contributed by atoms with van der Waals surface area (Å²) in [6.07, 6.45) is 1.60. The number of rotatable bonds is 9. The van der Waals surface area contributed by atoms with Gasteiger partial charge in [-0.2, -0.15) is 0 Å². The fourth-order valence-electron chi connectivity index (χ4n) is 5.21. The Kier molecular flexibility index (Phi) is 8.19. The molecule has 0 aliphatic carbocycles. The van der Waals surface area contributed by atoms with Crippen LogP contribution in [0.1, 0.15) is 34.0 Å². The van der Waals surface area contributed by atoms with E-state index in [1.807, 2.05) is 67.6 Å². The van der Waals surface area contributed by atoms with E-state index in [1.165, 1.54) is 4.90 Å². The van der Waals surface area contributed by atoms with Crippen LogP contribution in [0, 0.1) is 6.92 Å². The van der Waals surface area contributed by atoms with Gasteiger partial charge in [-0.25, -0.2) is 0 Å². The van der Waals surface area contributed by atoms with Crippen LogP contribution in [0.5, 0.6) is 11.5 Å². The number of nitrogens with zero attached hydrogens (tertiary/aromatic N) is 2. The second-order valence-corrected chi connectivity index (χ2v) is 10.4. The van der Waals surface area contributed by atoms with Gasteiger partial charge in [0, 0.05) is 17.4 Å². The molecule has 1 aliphatic rings. The highest BCUT2D eigenvalue weighted by atomic mass is 16.5. The SMILES string of the molecule is Cc1cc(/C(O)=C2/C(=O)C(=O)N(c3ccc(OCc4ccccc4)cc3)C2c2ccccn2)ccc1OCc1ccccc1. The first-order valence-electron chi connectivity index (χ1n) is 14.3. The number of aryl methyl sites for hydroxylation is 1. The van der Waals surface area contributed by atoms with Crippen molar-refractivity contribution in [3.05, 3.63) is 161 Å². The number of ether oxygens (including phenoxy) is 2. The van der Waals surface area contributed by atoms with Gasteiger partial charge >= 0.3 is 0 Å². The third-order valence-electron chi connectivity index (χ3n) is 7.46. The molecule has 1 saturated heterocycles. The summed E-state index contributed by atoms with van der Waals surface area (Å²) < 4.78 is 11.9. The average Bonchev–Trinajstić information content (AvgIpc) is 3.34. The van der Waals surface area contributed by atoms with Gasteiger partial charge in [-0.3, -0.25) is 19.5 Å². The molecule has 5 aromatic rings. The van der Waals surface area contributed by atoms with E-state index in [-0.39, 0.29) is 11.3 Å². The van der Waals surface area contributed by atoms with Crippen molar-refractivity contribution in [3.63, 3.8) is 0 Å². The second-order valence-electron chi connectivity index (χ2n) is 10.4. The number of hydrogen-bond acceptors (Lipinski definition) is 6. The highest BCUT2D eigenvalue weighted by molar-refractivity contribution is 6.51. The Morgan fingerprint density at radius 2 is 1.41 bits per heavy atom. The third-order valence-corrected chi connectivity index (χ3v) is 7.46. The van der Waals surface area contributed by atoms with E-state index in [0.29, 0.717) is 41.7 Å². The Hall–Kier alpha value is -5.69. The molecule has 218 valence electrons. The fraction of sp³-hybridized carbons (Fsp3) is 0.108. The molecule has 1 N–H and O–H groups in total. The van der Waals surface area contributed by atoms with Crippen molar-refractivity contribution in [2.45, 2.75) is 26.2 Å². The lowest BCUT2D eigenvalue weighted by molar-refractivity contribution is -0.132. The normalized spacial score (nSPS) is 15.8. The van der Waals surface area contributed by atoms with Crippen LogP contribution in [0.25, 0.3) is 5.76 Å². The van der Waals surface area contributed by atoms with E-state index in [2.05, 4.69) is 4.98 Å². The number of aliphatic hydroxyl groups excluding tert-OH is 1. The maximum Gasteiger partial charge on any atom is 0.300 e. The Labute approximate surface area is 255 Å². The first-order chi connectivity index (χ1) is 21.5. The van der Waals surface area contributed by atoms with Gasteiger partial charge < -0.3 is 14.6 Å². The molecule has 4 aromatic carbocycles. The number of hydrogen-bond donors (Lipinski definition) is 1. The van der Waals surface area contributed by atoms with Crippen molar-refractivity contribution in [3.8, 4) is 11.5 Å². The van der Waals surface area contributed by atoms with Gasteiger partial charge in [-0.1, -0.05) is 66.7 Å². The molecule has 1 atom stereocenters. The van der Waals surface area contributed by atoms with E-state index < -0.39 is 17.7 Å². The summed E-state index contributed by atoms with van der Waals surface area (Å²) in [5, 5.41) is 11.5. The molecule has 2 heterocycles. The molecule has 1 amide bonds. The summed E-state index contributed by atoms with van der Waals surface area (Å²) in [4.78, 5) is 32.9. The monoisotopic (exact) mass is 582 g/mol. The molecular weight excluding hydrogens is 552 g/mol. The maximum atomic E-state index is 13.5. The summed E-state index contributed by atoms with van der Waals surface area (Å²) in [5.41, 5.74) is 4.15. The van der Waals surface area contributed by atoms with Crippen molar-refractivity contribution in [1.29, 1.82) is 0 Å². The van der Waals surface area contributed by atoms with Crippen LogP contribution < -0.4 is 14.4 Å². The molecule has 0 saturated carbocycles. The fourth-order valence-corrected chi connectivity index (χ4v) is 5.21. The van der Waals surface area contributed by atoms with Gasteiger partial charge in [0.25, 0.3) is 11.7 Å². The first kappa shape index (κ1) is 28.4. The molecule has 44 heavy (non-hydrogen) atoms. The summed E-state index contributed by atoms with van der Waals surface area (Å²) in [7, 11) is 0. The molecule has 0 radical (unpaired) electrons. The molecule has 6 rings (SSSR count). The van der Waals surface area contributed by atoms with E-state index in [9.17, 15) is 14.7 Å². The zero-order valence-corrected chi connectivity index (χ0v) is 24.1. The Morgan fingerprint density at radius 3 is 2.02 bits per heavy atom. The van der Waals surface area contributed by atoms with Crippen LogP contribution in [-0.4, -0.2) is 21.8 Å². The molecule has 0 spiro atoms. The van der Waals surface area contributed by atoms with Crippen LogP contribution in [0.15, 0.2) is 133 Å². The summed E-state index contributed by atoms with van der Waals surface area (Å²) in [5.74, 6) is -0.540. The lowest BCUT2D eigenvalue weighted by Gasteiger charge is -2.24. The second kappa shape index (κ2) is 12.7. The molecular formula is C37H30N2O5. The standard InChI is InChI=1S/C37H30N2O5/c1-25-22-28(15-20-32(25)44-24-27-12-6-3-7-13-27)35(40)33-34(31-14-8-9-21-38-31)39(37(42)36(33)41)29-16-18-30(19-17-29)43-23-26-10-4-2-5-11-26/h2-22,34,40H,23-24H2,1H3/b35-33-. The number of anilines is 1. The first-order valence-corrected chi connectivity index (χ1v) is 14.3. The van der Waals surface area contributed by atoms with Gasteiger partial charge in [0.1, 0.15) is 36.5 Å². The third kappa shape index (κ3) is 5.94. The minimum atomic E-state index is -0.929. The van der Waals surface area contributed by atoms with Crippen LogP contribution >= 0.6 is 0 Å². The highest BCUT2D eigenvalue weighted by Gasteiger charge is 2.47. The van der Waals surface area contributed by atoms with E-state index in [1.54, 1.807) is 66.9 Å². The number of amides is 1. The Balaban J connectivity index is 1.30. The van der Waals surface area contributed by atoms with Crippen molar-refractivity contribution >= 4 is 23.1 Å². The molecule has 1 aromatic heterocycles. The number of Topliss-reactive ketones (excluding diaryl/α,β-unsaturated/α-hetero) is 1. The summed E-state index contributed by atoms with van der Waals surface area (Å²) in [6, 6.07) is 36.1. The summed E-state index contributed by atoms with van der Waals surface area (Å²) in [6.45, 7) is 2.66.